The Morgan fingerprint density at radius 3 is 2.50 bits per heavy atom. The molecule has 1 rings (SSSR count). The predicted molar refractivity (Wildman–Crippen MR) is 67.3 cm³/mol. The van der Waals surface area contributed by atoms with Gasteiger partial charge in [0, 0.05) is 18.4 Å². The first-order valence-corrected chi connectivity index (χ1v) is 6.12. The number of hydrogen-bond acceptors (Lipinski definition) is 3. The van der Waals surface area contributed by atoms with Crippen molar-refractivity contribution in [2.75, 3.05) is 6.54 Å². The molecule has 16 heavy (non-hydrogen) atoms. The van der Waals surface area contributed by atoms with Crippen LogP contribution >= 0.6 is 0 Å². The van der Waals surface area contributed by atoms with Gasteiger partial charge in [0.2, 0.25) is 0 Å². The molecule has 0 radical (unpaired) electrons. The summed E-state index contributed by atoms with van der Waals surface area (Å²) < 4.78 is 0. The zero-order valence-electron chi connectivity index (χ0n) is 10.8. The van der Waals surface area contributed by atoms with Crippen molar-refractivity contribution < 1.29 is 0 Å². The Hall–Kier alpha value is -0.960. The fourth-order valence-corrected chi connectivity index (χ4v) is 1.77. The molecule has 0 saturated carbocycles. The molecule has 1 aromatic rings. The Kier molecular flexibility index (Phi) is 5.39. The molecule has 1 N–H and O–H groups in total. The smallest absolute Gasteiger partial charge is 0.0782 e. The highest BCUT2D eigenvalue weighted by atomic mass is 14.9. The van der Waals surface area contributed by atoms with Gasteiger partial charge in [-0.2, -0.15) is 0 Å². The molecular weight excluding hydrogens is 198 g/mol. The van der Waals surface area contributed by atoms with Gasteiger partial charge in [-0.15, -0.1) is 0 Å². The molecular formula is C13H23N3. The summed E-state index contributed by atoms with van der Waals surface area (Å²) in [6.07, 6.45) is 6.00. The van der Waals surface area contributed by atoms with Crippen LogP contribution in [0, 0.1) is 12.8 Å². The lowest BCUT2D eigenvalue weighted by molar-refractivity contribution is 0.491. The van der Waals surface area contributed by atoms with Crippen molar-refractivity contribution in [3.05, 3.63) is 23.8 Å². The Labute approximate surface area is 98.7 Å². The van der Waals surface area contributed by atoms with Crippen LogP contribution in [-0.2, 0) is 0 Å². The topological polar surface area (TPSA) is 37.8 Å². The van der Waals surface area contributed by atoms with E-state index in [0.717, 1.165) is 23.9 Å². The van der Waals surface area contributed by atoms with E-state index in [1.54, 1.807) is 12.4 Å². The maximum Gasteiger partial charge on any atom is 0.0782 e. The lowest BCUT2D eigenvalue weighted by Crippen LogP contribution is -2.22. The largest absolute Gasteiger partial charge is 0.309 e. The Balaban J connectivity index is 2.35. The zero-order chi connectivity index (χ0) is 12.0. The molecule has 90 valence electrons. The van der Waals surface area contributed by atoms with Crippen LogP contribution in [0.5, 0.6) is 0 Å². The molecule has 1 atom stereocenters. The van der Waals surface area contributed by atoms with E-state index in [-0.39, 0.29) is 0 Å². The first kappa shape index (κ1) is 13.1. The molecule has 0 aliphatic carbocycles. The number of rotatable bonds is 6. The van der Waals surface area contributed by atoms with Crippen LogP contribution in [0.4, 0.5) is 0 Å². The normalized spacial score (nSPS) is 13.1. The summed E-state index contributed by atoms with van der Waals surface area (Å²) in [4.78, 5) is 8.62. The standard InChI is InChI=1S/C13H23N3/c1-10(2)6-5-7-14-11(3)13-12(4)15-8-9-16-13/h8-11,14H,5-7H2,1-4H3. The summed E-state index contributed by atoms with van der Waals surface area (Å²) in [6, 6.07) is 0.292. The molecule has 3 heteroatoms. The number of aryl methyl sites for hydroxylation is 1. The van der Waals surface area contributed by atoms with Gasteiger partial charge >= 0.3 is 0 Å². The summed E-state index contributed by atoms with van der Waals surface area (Å²) >= 11 is 0. The fraction of sp³-hybridized carbons (Fsp3) is 0.692. The van der Waals surface area contributed by atoms with Gasteiger partial charge in [-0.05, 0) is 39.2 Å². The van der Waals surface area contributed by atoms with Crippen LogP contribution < -0.4 is 5.32 Å². The second-order valence-electron chi connectivity index (χ2n) is 4.74. The maximum atomic E-state index is 4.37. The highest BCUT2D eigenvalue weighted by Crippen LogP contribution is 2.12. The molecule has 1 aromatic heterocycles. The first-order chi connectivity index (χ1) is 7.61. The number of hydrogen-bond donors (Lipinski definition) is 1. The van der Waals surface area contributed by atoms with Crippen molar-refractivity contribution in [3.8, 4) is 0 Å². The molecule has 0 bridgehead atoms. The van der Waals surface area contributed by atoms with Gasteiger partial charge in [0.15, 0.2) is 0 Å². The van der Waals surface area contributed by atoms with Crippen molar-refractivity contribution in [1.29, 1.82) is 0 Å². The molecule has 0 aliphatic heterocycles. The van der Waals surface area contributed by atoms with E-state index >= 15 is 0 Å². The minimum absolute atomic E-state index is 0.292. The van der Waals surface area contributed by atoms with E-state index in [9.17, 15) is 0 Å². The second kappa shape index (κ2) is 6.59. The van der Waals surface area contributed by atoms with Crippen molar-refractivity contribution in [2.45, 2.75) is 46.6 Å². The summed E-state index contributed by atoms with van der Waals surface area (Å²) in [5.74, 6) is 0.787. The molecule has 1 heterocycles. The van der Waals surface area contributed by atoms with Gasteiger partial charge < -0.3 is 5.32 Å². The molecule has 0 aromatic carbocycles. The van der Waals surface area contributed by atoms with Crippen molar-refractivity contribution in [3.63, 3.8) is 0 Å². The van der Waals surface area contributed by atoms with Crippen molar-refractivity contribution in [2.24, 2.45) is 5.92 Å². The number of nitrogens with one attached hydrogen (secondary N) is 1. The van der Waals surface area contributed by atoms with Gasteiger partial charge in [0.05, 0.1) is 11.4 Å². The highest BCUT2D eigenvalue weighted by Gasteiger charge is 2.09. The molecule has 0 spiro atoms. The maximum absolute atomic E-state index is 4.37. The highest BCUT2D eigenvalue weighted by molar-refractivity contribution is 5.12. The lowest BCUT2D eigenvalue weighted by atomic mass is 10.1. The van der Waals surface area contributed by atoms with Crippen LogP contribution in [0.15, 0.2) is 12.4 Å². The predicted octanol–water partition coefficient (Wildman–Crippen LogP) is 2.87. The van der Waals surface area contributed by atoms with Gasteiger partial charge in [0.1, 0.15) is 0 Å². The van der Waals surface area contributed by atoms with E-state index in [4.69, 9.17) is 0 Å². The molecule has 0 aliphatic rings. The number of aromatic nitrogens is 2. The van der Waals surface area contributed by atoms with Crippen LogP contribution in [0.25, 0.3) is 0 Å². The van der Waals surface area contributed by atoms with Gasteiger partial charge in [-0.25, -0.2) is 0 Å². The molecule has 3 nitrogen and oxygen atoms in total. The van der Waals surface area contributed by atoms with Crippen LogP contribution in [0.2, 0.25) is 0 Å². The van der Waals surface area contributed by atoms with Crippen molar-refractivity contribution >= 4 is 0 Å². The Bertz CT molecular complexity index is 310. The van der Waals surface area contributed by atoms with E-state index in [0.29, 0.717) is 6.04 Å². The summed E-state index contributed by atoms with van der Waals surface area (Å²) in [5.41, 5.74) is 2.08. The van der Waals surface area contributed by atoms with Gasteiger partial charge in [0.25, 0.3) is 0 Å². The zero-order valence-corrected chi connectivity index (χ0v) is 10.8. The molecule has 0 saturated heterocycles. The fourth-order valence-electron chi connectivity index (χ4n) is 1.77. The Morgan fingerprint density at radius 1 is 1.19 bits per heavy atom. The summed E-state index contributed by atoms with van der Waals surface area (Å²) in [7, 11) is 0. The molecule has 0 fully saturated rings. The third kappa shape index (κ3) is 4.27. The number of nitrogens with zero attached hydrogens (tertiary/aromatic N) is 2. The SMILES string of the molecule is Cc1nccnc1C(C)NCCCC(C)C. The molecule has 0 amide bonds. The van der Waals surface area contributed by atoms with Crippen LogP contribution in [0.3, 0.4) is 0 Å². The van der Waals surface area contributed by atoms with E-state index in [1.807, 2.05) is 6.92 Å². The molecule has 1 unspecified atom stereocenters. The second-order valence-corrected chi connectivity index (χ2v) is 4.74. The first-order valence-electron chi connectivity index (χ1n) is 6.12. The van der Waals surface area contributed by atoms with Crippen LogP contribution in [-0.4, -0.2) is 16.5 Å². The van der Waals surface area contributed by atoms with Gasteiger partial charge in [-0.1, -0.05) is 13.8 Å². The van der Waals surface area contributed by atoms with Crippen molar-refractivity contribution in [1.82, 2.24) is 15.3 Å². The van der Waals surface area contributed by atoms with Crippen LogP contribution in [0.1, 0.15) is 51.0 Å². The monoisotopic (exact) mass is 221 g/mol. The average Bonchev–Trinajstić information content (AvgIpc) is 2.24. The average molecular weight is 221 g/mol. The summed E-state index contributed by atoms with van der Waals surface area (Å²) in [5, 5.41) is 3.49. The third-order valence-electron chi connectivity index (χ3n) is 2.74. The van der Waals surface area contributed by atoms with E-state index in [2.05, 4.69) is 36.1 Å². The Morgan fingerprint density at radius 2 is 1.88 bits per heavy atom. The lowest BCUT2D eigenvalue weighted by Gasteiger charge is -2.15. The van der Waals surface area contributed by atoms with E-state index < -0.39 is 0 Å². The third-order valence-corrected chi connectivity index (χ3v) is 2.74. The minimum Gasteiger partial charge on any atom is -0.309 e. The quantitative estimate of drug-likeness (QED) is 0.751. The summed E-state index contributed by atoms with van der Waals surface area (Å²) in [6.45, 7) is 9.73. The van der Waals surface area contributed by atoms with E-state index in [1.165, 1.54) is 12.8 Å². The minimum atomic E-state index is 0.292. The van der Waals surface area contributed by atoms with Gasteiger partial charge in [-0.3, -0.25) is 9.97 Å².